The van der Waals surface area contributed by atoms with E-state index in [0.29, 0.717) is 13.1 Å². The highest BCUT2D eigenvalue weighted by Gasteiger charge is 2.21. The number of hydrogen-bond acceptors (Lipinski definition) is 5. The first-order valence-corrected chi connectivity index (χ1v) is 7.97. The molecule has 1 aromatic heterocycles. The zero-order chi connectivity index (χ0) is 14.6. The fourth-order valence-corrected chi connectivity index (χ4v) is 3.10. The molecule has 112 valence electrons. The zero-order valence-electron chi connectivity index (χ0n) is 11.0. The highest BCUT2D eigenvalue weighted by molar-refractivity contribution is 7.89. The number of aromatic nitrogens is 2. The first kappa shape index (κ1) is 14.9. The molecule has 1 aliphatic rings. The van der Waals surface area contributed by atoms with Gasteiger partial charge in [-0.1, -0.05) is 6.42 Å². The molecule has 1 fully saturated rings. The van der Waals surface area contributed by atoms with E-state index in [1.807, 2.05) is 0 Å². The molecule has 9 heteroatoms. The number of aryl methyl sites for hydroxylation is 1. The topological polar surface area (TPSA) is 105 Å². The van der Waals surface area contributed by atoms with Gasteiger partial charge < -0.3 is 5.11 Å². The van der Waals surface area contributed by atoms with Crippen LogP contribution in [0.1, 0.15) is 25.7 Å². The second-order valence-electron chi connectivity index (χ2n) is 4.73. The summed E-state index contributed by atoms with van der Waals surface area (Å²) in [5.41, 5.74) is 0. The average Bonchev–Trinajstić information content (AvgIpc) is 2.86. The molecule has 20 heavy (non-hydrogen) atoms. The molecule has 0 amide bonds. The van der Waals surface area contributed by atoms with Crippen molar-refractivity contribution in [1.82, 2.24) is 19.6 Å². The number of hydrogen-bond donors (Lipinski definition) is 2. The van der Waals surface area contributed by atoms with Gasteiger partial charge in [0.1, 0.15) is 4.90 Å². The second-order valence-corrected chi connectivity index (χ2v) is 6.39. The number of nitrogens with zero attached hydrogens (tertiary/aromatic N) is 3. The third-order valence-electron chi connectivity index (χ3n) is 3.08. The summed E-state index contributed by atoms with van der Waals surface area (Å²) in [6.45, 7) is 1.55. The maximum atomic E-state index is 12.1. The minimum atomic E-state index is -3.63. The predicted molar refractivity (Wildman–Crippen MR) is 70.2 cm³/mol. The van der Waals surface area contributed by atoms with Crippen LogP contribution in [0.25, 0.3) is 0 Å². The van der Waals surface area contributed by atoms with E-state index in [4.69, 9.17) is 5.11 Å². The highest BCUT2D eigenvalue weighted by atomic mass is 32.2. The van der Waals surface area contributed by atoms with Gasteiger partial charge in [0, 0.05) is 19.3 Å². The van der Waals surface area contributed by atoms with Gasteiger partial charge in [-0.2, -0.15) is 5.10 Å². The van der Waals surface area contributed by atoms with Gasteiger partial charge >= 0.3 is 5.97 Å². The van der Waals surface area contributed by atoms with Crippen molar-refractivity contribution < 1.29 is 18.3 Å². The van der Waals surface area contributed by atoms with Crippen LogP contribution in [0.15, 0.2) is 17.3 Å². The number of nitrogens with one attached hydrogen (secondary N) is 1. The summed E-state index contributed by atoms with van der Waals surface area (Å²) in [7, 11) is -3.63. The first-order chi connectivity index (χ1) is 9.47. The van der Waals surface area contributed by atoms with Gasteiger partial charge in [0.2, 0.25) is 0 Å². The molecule has 1 aromatic rings. The number of piperidine rings is 1. The molecule has 8 nitrogen and oxygen atoms in total. The first-order valence-electron chi connectivity index (χ1n) is 6.49. The second kappa shape index (κ2) is 6.33. The van der Waals surface area contributed by atoms with Crippen molar-refractivity contribution in [3.8, 4) is 0 Å². The Balaban J connectivity index is 1.99. The molecular formula is C11H18N4O4S. The molecule has 0 aliphatic carbocycles. The van der Waals surface area contributed by atoms with Gasteiger partial charge in [0.25, 0.3) is 10.0 Å². The number of carboxylic acids is 1. The van der Waals surface area contributed by atoms with Crippen LogP contribution < -0.4 is 4.83 Å². The number of aliphatic carboxylic acids is 1. The van der Waals surface area contributed by atoms with Gasteiger partial charge in [-0.05, 0) is 12.8 Å². The Morgan fingerprint density at radius 2 is 2.05 bits per heavy atom. The standard InChI is InChI=1S/C11H18N4O4S/c16-11(17)4-7-15-9-10(8-12-15)20(18,19)13-14-5-2-1-3-6-14/h8-9,13H,1-7H2,(H,16,17). The molecule has 0 aromatic carbocycles. The van der Waals surface area contributed by atoms with Crippen LogP contribution in [0, 0.1) is 0 Å². The fraction of sp³-hybridized carbons (Fsp3) is 0.636. The fourth-order valence-electron chi connectivity index (χ4n) is 2.02. The third-order valence-corrected chi connectivity index (χ3v) is 4.41. The van der Waals surface area contributed by atoms with Crippen molar-refractivity contribution in [2.75, 3.05) is 13.1 Å². The van der Waals surface area contributed by atoms with E-state index in [1.54, 1.807) is 5.01 Å². The molecule has 2 rings (SSSR count). The van der Waals surface area contributed by atoms with Gasteiger partial charge in [-0.15, -0.1) is 4.83 Å². The molecule has 1 aliphatic heterocycles. The van der Waals surface area contributed by atoms with Crippen LogP contribution in [0.4, 0.5) is 0 Å². The summed E-state index contributed by atoms with van der Waals surface area (Å²) in [6, 6.07) is 0. The number of sulfonamides is 1. The molecule has 0 bridgehead atoms. The van der Waals surface area contributed by atoms with E-state index in [1.165, 1.54) is 17.1 Å². The van der Waals surface area contributed by atoms with E-state index in [9.17, 15) is 13.2 Å². The Morgan fingerprint density at radius 1 is 1.35 bits per heavy atom. The molecule has 0 unspecified atom stereocenters. The lowest BCUT2D eigenvalue weighted by Gasteiger charge is -2.26. The molecule has 0 atom stereocenters. The molecule has 2 heterocycles. The van der Waals surface area contributed by atoms with Crippen LogP contribution in [-0.4, -0.2) is 47.4 Å². The van der Waals surface area contributed by atoms with Crippen molar-refractivity contribution in [1.29, 1.82) is 0 Å². The van der Waals surface area contributed by atoms with Gasteiger partial charge in [-0.3, -0.25) is 9.48 Å². The van der Waals surface area contributed by atoms with Crippen molar-refractivity contribution >= 4 is 16.0 Å². The van der Waals surface area contributed by atoms with Crippen molar-refractivity contribution in [2.24, 2.45) is 0 Å². The molecular weight excluding hydrogens is 284 g/mol. The number of carbonyl (C=O) groups is 1. The van der Waals surface area contributed by atoms with E-state index >= 15 is 0 Å². The summed E-state index contributed by atoms with van der Waals surface area (Å²) in [5, 5.41) is 14.1. The van der Waals surface area contributed by atoms with E-state index in [-0.39, 0.29) is 17.9 Å². The smallest absolute Gasteiger partial charge is 0.305 e. The SMILES string of the molecule is O=C(O)CCn1cc(S(=O)(=O)NN2CCCCC2)cn1. The Kier molecular flexibility index (Phi) is 4.73. The minimum absolute atomic E-state index is 0.0495. The summed E-state index contributed by atoms with van der Waals surface area (Å²) in [6.07, 6.45) is 5.54. The van der Waals surface area contributed by atoms with Crippen LogP contribution in [0.5, 0.6) is 0 Å². The lowest BCUT2D eigenvalue weighted by molar-refractivity contribution is -0.137. The van der Waals surface area contributed by atoms with Gasteiger partial charge in [-0.25, -0.2) is 13.4 Å². The largest absolute Gasteiger partial charge is 0.481 e. The normalized spacial score (nSPS) is 17.2. The van der Waals surface area contributed by atoms with E-state index in [0.717, 1.165) is 19.3 Å². The number of hydrazine groups is 1. The summed E-state index contributed by atoms with van der Waals surface area (Å²) in [4.78, 5) is 13.0. The van der Waals surface area contributed by atoms with Crippen molar-refractivity contribution in [3.05, 3.63) is 12.4 Å². The molecule has 1 saturated heterocycles. The number of rotatable bonds is 6. The lowest BCUT2D eigenvalue weighted by atomic mass is 10.2. The van der Waals surface area contributed by atoms with Gasteiger partial charge in [0.15, 0.2) is 0 Å². The summed E-state index contributed by atoms with van der Waals surface area (Å²) < 4.78 is 25.6. The van der Waals surface area contributed by atoms with Crippen molar-refractivity contribution in [2.45, 2.75) is 37.1 Å². The predicted octanol–water partition coefficient (Wildman–Crippen LogP) is 0.0370. The van der Waals surface area contributed by atoms with Crippen LogP contribution in [0.2, 0.25) is 0 Å². The van der Waals surface area contributed by atoms with Crippen LogP contribution in [-0.2, 0) is 21.4 Å². The monoisotopic (exact) mass is 302 g/mol. The Morgan fingerprint density at radius 3 is 2.70 bits per heavy atom. The molecule has 0 radical (unpaired) electrons. The zero-order valence-corrected chi connectivity index (χ0v) is 11.8. The molecule has 2 N–H and O–H groups in total. The van der Waals surface area contributed by atoms with E-state index in [2.05, 4.69) is 9.93 Å². The Hall–Kier alpha value is -1.45. The Labute approximate surface area is 117 Å². The van der Waals surface area contributed by atoms with Crippen LogP contribution >= 0.6 is 0 Å². The number of carboxylic acid groups (broad SMARTS) is 1. The minimum Gasteiger partial charge on any atom is -0.481 e. The summed E-state index contributed by atoms with van der Waals surface area (Å²) >= 11 is 0. The highest BCUT2D eigenvalue weighted by Crippen LogP contribution is 2.11. The maximum absolute atomic E-state index is 12.1. The van der Waals surface area contributed by atoms with Crippen molar-refractivity contribution in [3.63, 3.8) is 0 Å². The maximum Gasteiger partial charge on any atom is 0.305 e. The average molecular weight is 302 g/mol. The third kappa shape index (κ3) is 4.02. The van der Waals surface area contributed by atoms with E-state index < -0.39 is 16.0 Å². The Bertz CT molecular complexity index is 563. The molecule has 0 saturated carbocycles. The molecule has 0 spiro atoms. The van der Waals surface area contributed by atoms with Gasteiger partial charge in [0.05, 0.1) is 19.2 Å². The lowest BCUT2D eigenvalue weighted by Crippen LogP contribution is -2.44. The van der Waals surface area contributed by atoms with Crippen LogP contribution in [0.3, 0.4) is 0 Å². The quantitative estimate of drug-likeness (QED) is 0.768. The summed E-state index contributed by atoms with van der Waals surface area (Å²) in [5.74, 6) is -0.948.